The standard InChI is InChI=1S/C14H17N3O5/c1-8-6-7-16(14(8,2)13(19)20)12(18)11-9(15)4-3-5-10(11)17(21)22/h3-5,8H,6-7,15H2,1-2H3,(H,19,20). The summed E-state index contributed by atoms with van der Waals surface area (Å²) in [5, 5.41) is 20.6. The maximum absolute atomic E-state index is 12.7. The van der Waals surface area contributed by atoms with Crippen LogP contribution in [0.5, 0.6) is 0 Å². The third kappa shape index (κ3) is 2.16. The minimum atomic E-state index is -1.41. The predicted octanol–water partition coefficient (Wildman–Crippen LogP) is 1.50. The molecule has 0 saturated carbocycles. The summed E-state index contributed by atoms with van der Waals surface area (Å²) in [6.45, 7) is 3.41. The van der Waals surface area contributed by atoms with E-state index in [9.17, 15) is 24.8 Å². The normalized spacial score (nSPS) is 24.3. The first-order valence-corrected chi connectivity index (χ1v) is 6.79. The van der Waals surface area contributed by atoms with Crippen molar-refractivity contribution in [1.29, 1.82) is 0 Å². The molecular weight excluding hydrogens is 290 g/mol. The molecule has 2 atom stereocenters. The topological polar surface area (TPSA) is 127 Å². The zero-order valence-electron chi connectivity index (χ0n) is 12.3. The summed E-state index contributed by atoms with van der Waals surface area (Å²) < 4.78 is 0. The molecule has 1 saturated heterocycles. The van der Waals surface area contributed by atoms with Crippen molar-refractivity contribution in [2.45, 2.75) is 25.8 Å². The SMILES string of the molecule is CC1CCN(C(=O)c2c(N)cccc2[N+](=O)[O-])C1(C)C(=O)O. The van der Waals surface area contributed by atoms with Gasteiger partial charge in [0.15, 0.2) is 0 Å². The van der Waals surface area contributed by atoms with Gasteiger partial charge >= 0.3 is 5.97 Å². The van der Waals surface area contributed by atoms with Crippen LogP contribution in [0.2, 0.25) is 0 Å². The Morgan fingerprint density at radius 2 is 2.14 bits per heavy atom. The Hall–Kier alpha value is -2.64. The summed E-state index contributed by atoms with van der Waals surface area (Å²) in [6, 6.07) is 3.95. The molecule has 2 unspecified atom stereocenters. The van der Waals surface area contributed by atoms with Crippen LogP contribution in [0.3, 0.4) is 0 Å². The van der Waals surface area contributed by atoms with E-state index in [1.165, 1.54) is 30.0 Å². The first kappa shape index (κ1) is 15.7. The maximum atomic E-state index is 12.7. The number of aliphatic carboxylic acids is 1. The van der Waals surface area contributed by atoms with E-state index >= 15 is 0 Å². The second kappa shape index (κ2) is 5.28. The summed E-state index contributed by atoms with van der Waals surface area (Å²) in [6.07, 6.45) is 0.509. The van der Waals surface area contributed by atoms with Gasteiger partial charge in [-0.05, 0) is 25.3 Å². The van der Waals surface area contributed by atoms with Crippen molar-refractivity contribution < 1.29 is 19.6 Å². The van der Waals surface area contributed by atoms with Crippen molar-refractivity contribution in [3.05, 3.63) is 33.9 Å². The number of nitrogens with two attached hydrogens (primary N) is 1. The lowest BCUT2D eigenvalue weighted by Crippen LogP contribution is -2.53. The number of anilines is 1. The number of hydrogen-bond donors (Lipinski definition) is 2. The summed E-state index contributed by atoms with van der Waals surface area (Å²) in [5.41, 5.74) is 3.61. The largest absolute Gasteiger partial charge is 0.479 e. The fourth-order valence-electron chi connectivity index (χ4n) is 2.82. The Labute approximate surface area is 126 Å². The highest BCUT2D eigenvalue weighted by Crippen LogP contribution is 2.38. The molecule has 0 spiro atoms. The zero-order chi connectivity index (χ0) is 16.7. The van der Waals surface area contributed by atoms with Crippen LogP contribution in [0.15, 0.2) is 18.2 Å². The lowest BCUT2D eigenvalue weighted by molar-refractivity contribution is -0.385. The number of nitrogen functional groups attached to an aromatic ring is 1. The molecule has 1 fully saturated rings. The van der Waals surface area contributed by atoms with Crippen LogP contribution in [0, 0.1) is 16.0 Å². The molecule has 3 N–H and O–H groups in total. The number of rotatable bonds is 3. The molecule has 1 aromatic rings. The van der Waals surface area contributed by atoms with E-state index in [4.69, 9.17) is 5.73 Å². The Morgan fingerprint density at radius 1 is 1.50 bits per heavy atom. The molecule has 1 heterocycles. The maximum Gasteiger partial charge on any atom is 0.329 e. The van der Waals surface area contributed by atoms with E-state index in [-0.39, 0.29) is 23.7 Å². The average Bonchev–Trinajstić information content (AvgIpc) is 2.75. The van der Waals surface area contributed by atoms with Gasteiger partial charge in [0.2, 0.25) is 0 Å². The number of hydrogen-bond acceptors (Lipinski definition) is 5. The second-order valence-corrected chi connectivity index (χ2v) is 5.60. The number of benzene rings is 1. The number of amides is 1. The minimum Gasteiger partial charge on any atom is -0.479 e. The second-order valence-electron chi connectivity index (χ2n) is 5.60. The van der Waals surface area contributed by atoms with Gasteiger partial charge in [0.25, 0.3) is 11.6 Å². The van der Waals surface area contributed by atoms with Gasteiger partial charge in [-0.1, -0.05) is 13.0 Å². The van der Waals surface area contributed by atoms with Gasteiger partial charge in [-0.3, -0.25) is 14.9 Å². The summed E-state index contributed by atoms with van der Waals surface area (Å²) in [4.78, 5) is 35.9. The van der Waals surface area contributed by atoms with Crippen LogP contribution >= 0.6 is 0 Å². The Morgan fingerprint density at radius 3 is 2.68 bits per heavy atom. The van der Waals surface area contributed by atoms with Crippen LogP contribution in [-0.2, 0) is 4.79 Å². The van der Waals surface area contributed by atoms with Crippen LogP contribution < -0.4 is 5.73 Å². The molecule has 1 aliphatic heterocycles. The van der Waals surface area contributed by atoms with Crippen molar-refractivity contribution in [2.24, 2.45) is 5.92 Å². The third-order valence-corrected chi connectivity index (χ3v) is 4.47. The summed E-state index contributed by atoms with van der Waals surface area (Å²) in [5.74, 6) is -2.13. The lowest BCUT2D eigenvalue weighted by Gasteiger charge is -2.34. The van der Waals surface area contributed by atoms with Crippen molar-refractivity contribution >= 4 is 23.3 Å². The molecular formula is C14H17N3O5. The molecule has 8 nitrogen and oxygen atoms in total. The average molecular weight is 307 g/mol. The van der Waals surface area contributed by atoms with E-state index in [0.29, 0.717) is 6.42 Å². The number of likely N-dealkylation sites (tertiary alicyclic amines) is 1. The molecule has 2 rings (SSSR count). The number of carbonyl (C=O) groups excluding carboxylic acids is 1. The van der Waals surface area contributed by atoms with Crippen LogP contribution in [0.25, 0.3) is 0 Å². The van der Waals surface area contributed by atoms with Gasteiger partial charge in [-0.15, -0.1) is 0 Å². The Bertz CT molecular complexity index is 660. The van der Waals surface area contributed by atoms with Gasteiger partial charge in [-0.2, -0.15) is 0 Å². The molecule has 1 aromatic carbocycles. The number of carboxylic acid groups (broad SMARTS) is 1. The fourth-order valence-corrected chi connectivity index (χ4v) is 2.82. The first-order valence-electron chi connectivity index (χ1n) is 6.79. The van der Waals surface area contributed by atoms with E-state index in [1.54, 1.807) is 6.92 Å². The predicted molar refractivity (Wildman–Crippen MR) is 78.4 cm³/mol. The molecule has 1 aliphatic rings. The lowest BCUT2D eigenvalue weighted by atomic mass is 9.88. The van der Waals surface area contributed by atoms with Crippen molar-refractivity contribution in [2.75, 3.05) is 12.3 Å². The fraction of sp³-hybridized carbons (Fsp3) is 0.429. The van der Waals surface area contributed by atoms with Crippen LogP contribution in [0.4, 0.5) is 11.4 Å². The molecule has 118 valence electrons. The summed E-state index contributed by atoms with van der Waals surface area (Å²) >= 11 is 0. The van der Waals surface area contributed by atoms with Crippen molar-refractivity contribution in [3.63, 3.8) is 0 Å². The van der Waals surface area contributed by atoms with Gasteiger partial charge in [-0.25, -0.2) is 4.79 Å². The molecule has 0 bridgehead atoms. The highest BCUT2D eigenvalue weighted by molar-refractivity contribution is 6.05. The summed E-state index contributed by atoms with van der Waals surface area (Å²) in [7, 11) is 0. The number of carbonyl (C=O) groups is 2. The molecule has 22 heavy (non-hydrogen) atoms. The number of nitro benzene ring substituents is 1. The Kier molecular flexibility index (Phi) is 3.78. The van der Waals surface area contributed by atoms with Gasteiger partial charge in [0.1, 0.15) is 11.1 Å². The van der Waals surface area contributed by atoms with Gasteiger partial charge < -0.3 is 15.7 Å². The molecule has 0 aromatic heterocycles. The van der Waals surface area contributed by atoms with E-state index in [1.807, 2.05) is 0 Å². The van der Waals surface area contributed by atoms with E-state index in [0.717, 1.165) is 0 Å². The highest BCUT2D eigenvalue weighted by atomic mass is 16.6. The monoisotopic (exact) mass is 307 g/mol. The molecule has 1 amide bonds. The van der Waals surface area contributed by atoms with Crippen molar-refractivity contribution in [1.82, 2.24) is 4.90 Å². The number of nitro groups is 1. The van der Waals surface area contributed by atoms with Gasteiger partial charge in [0.05, 0.1) is 10.6 Å². The smallest absolute Gasteiger partial charge is 0.329 e. The first-order chi connectivity index (χ1) is 10.2. The molecule has 0 aliphatic carbocycles. The number of nitrogens with zero attached hydrogens (tertiary/aromatic N) is 2. The molecule has 0 radical (unpaired) electrons. The van der Waals surface area contributed by atoms with E-state index in [2.05, 4.69) is 0 Å². The van der Waals surface area contributed by atoms with Crippen LogP contribution in [-0.4, -0.2) is 38.9 Å². The Balaban J connectivity index is 2.54. The van der Waals surface area contributed by atoms with Crippen LogP contribution in [0.1, 0.15) is 30.6 Å². The molecule has 8 heteroatoms. The highest BCUT2D eigenvalue weighted by Gasteiger charge is 2.52. The minimum absolute atomic E-state index is 0.0357. The van der Waals surface area contributed by atoms with Crippen molar-refractivity contribution in [3.8, 4) is 0 Å². The zero-order valence-corrected chi connectivity index (χ0v) is 12.3. The van der Waals surface area contributed by atoms with Gasteiger partial charge in [0, 0.05) is 12.6 Å². The quantitative estimate of drug-likeness (QED) is 0.495. The number of carboxylic acids is 1. The third-order valence-electron chi connectivity index (χ3n) is 4.47. The van der Waals surface area contributed by atoms with E-state index < -0.39 is 28.0 Å².